The number of aliphatic hydroxyl groups is 1. The third-order valence-electron chi connectivity index (χ3n) is 16.6. The highest BCUT2D eigenvalue weighted by molar-refractivity contribution is 7.47. The van der Waals surface area contributed by atoms with Gasteiger partial charge in [0, 0.05) is 25.7 Å². The average molecular weight is 1300 g/mol. The van der Waals surface area contributed by atoms with Gasteiger partial charge in [-0.3, -0.25) is 37.3 Å². The Kier molecular flexibility index (Phi) is 58.7. The molecule has 0 bridgehead atoms. The number of phosphoric acid groups is 2. The van der Waals surface area contributed by atoms with Crippen molar-refractivity contribution in [2.45, 2.75) is 362 Å². The minimum absolute atomic E-state index is 0.103. The Morgan fingerprint density at radius 2 is 0.580 bits per heavy atom. The van der Waals surface area contributed by atoms with Crippen molar-refractivity contribution in [1.82, 2.24) is 0 Å². The van der Waals surface area contributed by atoms with Crippen LogP contribution in [0.5, 0.6) is 0 Å². The van der Waals surface area contributed by atoms with Crippen LogP contribution in [0.4, 0.5) is 0 Å². The summed E-state index contributed by atoms with van der Waals surface area (Å²) in [5.74, 6) is 0.234. The summed E-state index contributed by atoms with van der Waals surface area (Å²) in [6.07, 6.45) is 43.4. The van der Waals surface area contributed by atoms with Crippen LogP contribution in [0.2, 0.25) is 0 Å². The predicted molar refractivity (Wildman–Crippen MR) is 354 cm³/mol. The first-order valence-corrected chi connectivity index (χ1v) is 38.9. The first-order chi connectivity index (χ1) is 42.3. The van der Waals surface area contributed by atoms with Crippen molar-refractivity contribution < 1.29 is 80.2 Å². The van der Waals surface area contributed by atoms with Gasteiger partial charge in [0.15, 0.2) is 12.2 Å². The van der Waals surface area contributed by atoms with Crippen molar-refractivity contribution in [3.63, 3.8) is 0 Å². The molecule has 88 heavy (non-hydrogen) atoms. The van der Waals surface area contributed by atoms with E-state index >= 15 is 0 Å². The molecule has 0 rings (SSSR count). The lowest BCUT2D eigenvalue weighted by Crippen LogP contribution is -2.30. The average Bonchev–Trinajstić information content (AvgIpc) is 3.54. The first-order valence-electron chi connectivity index (χ1n) is 35.9. The number of phosphoric ester groups is 2. The van der Waals surface area contributed by atoms with E-state index in [0.717, 1.165) is 114 Å². The van der Waals surface area contributed by atoms with Crippen molar-refractivity contribution in [3.8, 4) is 0 Å². The number of ether oxygens (including phenoxy) is 4. The molecule has 0 aliphatic carbocycles. The number of carbonyl (C=O) groups is 4. The lowest BCUT2D eigenvalue weighted by Gasteiger charge is -2.21. The Morgan fingerprint density at radius 3 is 0.864 bits per heavy atom. The maximum Gasteiger partial charge on any atom is 0.472 e. The number of hydrogen-bond acceptors (Lipinski definition) is 15. The van der Waals surface area contributed by atoms with Crippen LogP contribution < -0.4 is 0 Å². The van der Waals surface area contributed by atoms with Gasteiger partial charge in [-0.15, -0.1) is 0 Å². The number of esters is 4. The molecule has 0 aromatic carbocycles. The van der Waals surface area contributed by atoms with Gasteiger partial charge < -0.3 is 33.8 Å². The van der Waals surface area contributed by atoms with E-state index in [-0.39, 0.29) is 25.7 Å². The number of unbranched alkanes of at least 4 members (excludes halogenated alkanes) is 33. The van der Waals surface area contributed by atoms with Crippen LogP contribution in [0.3, 0.4) is 0 Å². The van der Waals surface area contributed by atoms with Crippen LogP contribution in [-0.2, 0) is 65.4 Å². The largest absolute Gasteiger partial charge is 0.472 e. The summed E-state index contributed by atoms with van der Waals surface area (Å²) < 4.78 is 68.0. The number of rotatable bonds is 67. The monoisotopic (exact) mass is 1300 g/mol. The maximum absolute atomic E-state index is 13.0. The number of hydrogen-bond donors (Lipinski definition) is 3. The summed E-state index contributed by atoms with van der Waals surface area (Å²) in [4.78, 5) is 72.2. The zero-order chi connectivity index (χ0) is 65.2. The van der Waals surface area contributed by atoms with E-state index in [2.05, 4.69) is 48.5 Å². The molecule has 17 nitrogen and oxygen atoms in total. The lowest BCUT2D eigenvalue weighted by molar-refractivity contribution is -0.161. The van der Waals surface area contributed by atoms with Gasteiger partial charge >= 0.3 is 39.5 Å². The van der Waals surface area contributed by atoms with E-state index in [1.165, 1.54) is 148 Å². The molecule has 3 N–H and O–H groups in total. The topological polar surface area (TPSA) is 237 Å². The van der Waals surface area contributed by atoms with Gasteiger partial charge in [0.2, 0.25) is 0 Å². The first kappa shape index (κ1) is 86.1. The molecule has 522 valence electrons. The third-order valence-corrected chi connectivity index (χ3v) is 18.5. The third kappa shape index (κ3) is 60.3. The van der Waals surface area contributed by atoms with Crippen LogP contribution in [0.25, 0.3) is 0 Å². The highest BCUT2D eigenvalue weighted by Crippen LogP contribution is 2.45. The molecule has 0 saturated heterocycles. The van der Waals surface area contributed by atoms with Crippen LogP contribution >= 0.6 is 15.6 Å². The summed E-state index contributed by atoms with van der Waals surface area (Å²) in [5, 5.41) is 10.5. The SMILES string of the molecule is CCCCCCCC(=O)OC[C@H](COP(=O)(O)OC[C@H](O)COP(=O)(O)OC[C@@H](COC(=O)CCCCCCCCCCCCC(C)CC)OC(=O)CCCCCCCCCCCCCCCCC(C)CC)OC(=O)CCCCCCCCCCC(C)C. The maximum atomic E-state index is 13.0. The summed E-state index contributed by atoms with van der Waals surface area (Å²) >= 11 is 0. The van der Waals surface area contributed by atoms with E-state index in [9.17, 15) is 43.2 Å². The summed E-state index contributed by atoms with van der Waals surface area (Å²) in [7, 11) is -9.89. The second-order valence-corrected chi connectivity index (χ2v) is 28.8. The Labute approximate surface area is 537 Å². The van der Waals surface area contributed by atoms with E-state index in [1.807, 2.05) is 0 Å². The molecule has 0 aliphatic heterocycles. The molecule has 7 atom stereocenters. The smallest absolute Gasteiger partial charge is 0.462 e. The fourth-order valence-electron chi connectivity index (χ4n) is 10.3. The van der Waals surface area contributed by atoms with Gasteiger partial charge in [0.25, 0.3) is 0 Å². The van der Waals surface area contributed by atoms with Crippen LogP contribution in [-0.4, -0.2) is 96.7 Å². The molecule has 0 aromatic rings. The molecular formula is C69H134O17P2. The zero-order valence-electron chi connectivity index (χ0n) is 57.2. The van der Waals surface area contributed by atoms with E-state index in [4.69, 9.17) is 37.0 Å². The van der Waals surface area contributed by atoms with Gasteiger partial charge in [-0.25, -0.2) is 9.13 Å². The normalized spacial score (nSPS) is 14.9. The minimum Gasteiger partial charge on any atom is -0.462 e. The quantitative estimate of drug-likeness (QED) is 0.0222. The minimum atomic E-state index is -4.95. The highest BCUT2D eigenvalue weighted by Gasteiger charge is 2.30. The van der Waals surface area contributed by atoms with Crippen LogP contribution in [0.1, 0.15) is 344 Å². The Balaban J connectivity index is 5.17. The number of carbonyl (C=O) groups excluding carboxylic acids is 4. The Hall–Kier alpha value is -1.94. The fraction of sp³-hybridized carbons (Fsp3) is 0.942. The molecule has 0 radical (unpaired) electrons. The molecule has 0 saturated carbocycles. The summed E-state index contributed by atoms with van der Waals surface area (Å²) in [6, 6.07) is 0. The molecule has 0 spiro atoms. The van der Waals surface area contributed by atoms with Gasteiger partial charge in [-0.05, 0) is 43.4 Å². The van der Waals surface area contributed by atoms with Crippen molar-refractivity contribution in [2.24, 2.45) is 17.8 Å². The lowest BCUT2D eigenvalue weighted by atomic mass is 9.99. The molecule has 0 amide bonds. The zero-order valence-corrected chi connectivity index (χ0v) is 59.0. The molecule has 0 fully saturated rings. The van der Waals surface area contributed by atoms with Crippen LogP contribution in [0, 0.1) is 17.8 Å². The molecule has 4 unspecified atom stereocenters. The predicted octanol–water partition coefficient (Wildman–Crippen LogP) is 19.5. The van der Waals surface area contributed by atoms with E-state index < -0.39 is 97.5 Å². The second-order valence-electron chi connectivity index (χ2n) is 25.9. The summed E-state index contributed by atoms with van der Waals surface area (Å²) in [5.41, 5.74) is 0. The van der Waals surface area contributed by atoms with Crippen molar-refractivity contribution in [3.05, 3.63) is 0 Å². The van der Waals surface area contributed by atoms with Crippen molar-refractivity contribution >= 4 is 39.5 Å². The van der Waals surface area contributed by atoms with Crippen molar-refractivity contribution in [2.75, 3.05) is 39.6 Å². The Bertz CT molecular complexity index is 1740. The fourth-order valence-corrected chi connectivity index (χ4v) is 11.9. The molecule has 0 heterocycles. The standard InChI is InChI=1S/C69H134O17P2/c1-8-11-12-33-43-50-66(71)79-56-64(85-69(74)53-46-39-32-26-25-27-34-40-47-60(4)5)58-83-87(75,76)81-54-63(70)55-82-88(77,78)84-59-65(57-80-67(72)51-44-37-30-23-20-19-22-29-36-42-49-62(7)10-3)86-68(73)52-45-38-31-24-18-16-14-13-15-17-21-28-35-41-48-61(6)9-2/h60-65,70H,8-59H2,1-7H3,(H,75,76)(H,77,78)/t61?,62?,63-,64+,65+/m0/s1. The van der Waals surface area contributed by atoms with E-state index in [0.29, 0.717) is 25.7 Å². The van der Waals surface area contributed by atoms with E-state index in [1.54, 1.807) is 0 Å². The van der Waals surface area contributed by atoms with Gasteiger partial charge in [-0.1, -0.05) is 292 Å². The second kappa shape index (κ2) is 60.0. The highest BCUT2D eigenvalue weighted by atomic mass is 31.2. The molecule has 0 aromatic heterocycles. The van der Waals surface area contributed by atoms with Gasteiger partial charge in [0.05, 0.1) is 26.4 Å². The van der Waals surface area contributed by atoms with Gasteiger partial charge in [0.1, 0.15) is 19.3 Å². The van der Waals surface area contributed by atoms with Gasteiger partial charge in [-0.2, -0.15) is 0 Å². The molecule has 0 aliphatic rings. The Morgan fingerprint density at radius 1 is 0.330 bits per heavy atom. The van der Waals surface area contributed by atoms with Crippen molar-refractivity contribution in [1.29, 1.82) is 0 Å². The summed E-state index contributed by atoms with van der Waals surface area (Å²) in [6.45, 7) is 11.8. The van der Waals surface area contributed by atoms with Crippen LogP contribution in [0.15, 0.2) is 0 Å². The molecular weight excluding hydrogens is 1160 g/mol. The molecule has 19 heteroatoms. The number of aliphatic hydroxyl groups excluding tert-OH is 1.